The van der Waals surface area contributed by atoms with Crippen molar-refractivity contribution in [2.75, 3.05) is 13.2 Å². The minimum Gasteiger partial charge on any atom is -0.387 e. The van der Waals surface area contributed by atoms with Gasteiger partial charge in [-0.3, -0.25) is 4.79 Å². The van der Waals surface area contributed by atoms with Crippen LogP contribution >= 0.6 is 0 Å². The fourth-order valence-electron chi connectivity index (χ4n) is 8.57. The van der Waals surface area contributed by atoms with Crippen molar-refractivity contribution in [3.05, 3.63) is 5.82 Å². The molecule has 8 atom stereocenters. The van der Waals surface area contributed by atoms with E-state index in [-0.39, 0.29) is 11.3 Å². The van der Waals surface area contributed by atoms with Crippen LogP contribution in [0, 0.1) is 47.8 Å². The lowest BCUT2D eigenvalue weighted by atomic mass is 9.49. The number of aliphatic hydroxyl groups is 1. The number of ether oxygens (including phenoxy) is 1. The van der Waals surface area contributed by atoms with Crippen LogP contribution in [-0.4, -0.2) is 49.9 Å². The van der Waals surface area contributed by atoms with E-state index in [9.17, 15) is 9.90 Å². The first kappa shape index (κ1) is 22.5. The Bertz CT molecular complexity index is 843. The molecule has 5 rings (SSSR count). The van der Waals surface area contributed by atoms with Crippen LogP contribution < -0.4 is 0 Å². The second kappa shape index (κ2) is 8.46. The monoisotopic (exact) mass is 444 g/mol. The Morgan fingerprint density at radius 3 is 2.69 bits per heavy atom. The summed E-state index contributed by atoms with van der Waals surface area (Å²) in [7, 11) is 0. The quantitative estimate of drug-likeness (QED) is 0.721. The van der Waals surface area contributed by atoms with E-state index < -0.39 is 5.60 Å². The van der Waals surface area contributed by atoms with Gasteiger partial charge in [0.1, 0.15) is 12.4 Å². The maximum atomic E-state index is 13.3. The van der Waals surface area contributed by atoms with Crippen LogP contribution in [0.3, 0.4) is 0 Å². The molecule has 0 radical (unpaired) electrons. The second-order valence-electron chi connectivity index (χ2n) is 11.6. The Morgan fingerprint density at radius 1 is 1.12 bits per heavy atom. The molecule has 0 amide bonds. The first-order chi connectivity index (χ1) is 15.3. The van der Waals surface area contributed by atoms with E-state index >= 15 is 0 Å². The summed E-state index contributed by atoms with van der Waals surface area (Å²) < 4.78 is 7.27. The van der Waals surface area contributed by atoms with Crippen LogP contribution in [0.5, 0.6) is 0 Å². The van der Waals surface area contributed by atoms with E-state index in [4.69, 9.17) is 4.74 Å². The third kappa shape index (κ3) is 3.73. The average molecular weight is 445 g/mol. The Hall–Kier alpha value is -1.34. The van der Waals surface area contributed by atoms with E-state index in [0.29, 0.717) is 43.2 Å². The average Bonchev–Trinajstić information content (AvgIpc) is 3.34. The number of ketones is 1. The van der Waals surface area contributed by atoms with Crippen molar-refractivity contribution in [2.24, 2.45) is 40.9 Å². The molecule has 0 saturated heterocycles. The molecule has 0 bridgehead atoms. The lowest BCUT2D eigenvalue weighted by Crippen LogP contribution is -2.52. The molecule has 7 nitrogen and oxygen atoms in total. The highest BCUT2D eigenvalue weighted by atomic mass is 16.5. The van der Waals surface area contributed by atoms with Gasteiger partial charge in [0.25, 0.3) is 0 Å². The molecule has 0 aliphatic heterocycles. The summed E-state index contributed by atoms with van der Waals surface area (Å²) in [6.07, 6.45) is 10.0. The van der Waals surface area contributed by atoms with Gasteiger partial charge in [-0.05, 0) is 117 Å². The number of rotatable bonds is 6. The van der Waals surface area contributed by atoms with Gasteiger partial charge in [0.05, 0.1) is 12.2 Å². The first-order valence-corrected chi connectivity index (χ1v) is 12.9. The first-order valence-electron chi connectivity index (χ1n) is 12.9. The topological polar surface area (TPSA) is 90.1 Å². The predicted molar refractivity (Wildman–Crippen MR) is 120 cm³/mol. The zero-order chi connectivity index (χ0) is 22.5. The molecule has 1 heterocycles. The molecule has 4 aliphatic carbocycles. The highest BCUT2D eigenvalue weighted by Gasteiger charge is 2.59. The van der Waals surface area contributed by atoms with Crippen molar-refractivity contribution in [3.63, 3.8) is 0 Å². The molecule has 1 aromatic rings. The molecule has 0 aromatic carbocycles. The van der Waals surface area contributed by atoms with Gasteiger partial charge < -0.3 is 9.84 Å². The maximum absolute atomic E-state index is 13.3. The fourth-order valence-corrected chi connectivity index (χ4v) is 8.57. The van der Waals surface area contributed by atoms with E-state index in [0.717, 1.165) is 49.9 Å². The zero-order valence-electron chi connectivity index (χ0n) is 20.0. The molecule has 4 fully saturated rings. The number of hydrogen-bond acceptors (Lipinski definition) is 6. The van der Waals surface area contributed by atoms with Gasteiger partial charge in [0, 0.05) is 12.5 Å². The van der Waals surface area contributed by atoms with E-state index in [2.05, 4.69) is 22.4 Å². The zero-order valence-corrected chi connectivity index (χ0v) is 20.0. The summed E-state index contributed by atoms with van der Waals surface area (Å²) in [6.45, 7) is 7.74. The summed E-state index contributed by atoms with van der Waals surface area (Å²) in [5.74, 6) is 4.74. The van der Waals surface area contributed by atoms with E-state index in [1.54, 1.807) is 4.68 Å². The van der Waals surface area contributed by atoms with Crippen molar-refractivity contribution < 1.29 is 14.6 Å². The molecule has 32 heavy (non-hydrogen) atoms. The lowest BCUT2D eigenvalue weighted by Gasteiger charge is -2.57. The number of fused-ring (bicyclic) bond motifs is 5. The fraction of sp³-hybridized carbons (Fsp3) is 0.920. The van der Waals surface area contributed by atoms with E-state index in [1.165, 1.54) is 25.7 Å². The minimum atomic E-state index is -0.619. The number of aromatic nitrogens is 4. The molecule has 1 N–H and O–H groups in total. The van der Waals surface area contributed by atoms with Crippen molar-refractivity contribution in [2.45, 2.75) is 90.7 Å². The summed E-state index contributed by atoms with van der Waals surface area (Å²) in [6, 6.07) is 0. The van der Waals surface area contributed by atoms with Gasteiger partial charge in [-0.15, -0.1) is 5.10 Å². The van der Waals surface area contributed by atoms with Crippen LogP contribution in [0.4, 0.5) is 0 Å². The number of carbonyl (C=O) groups is 1. The van der Waals surface area contributed by atoms with Gasteiger partial charge in [-0.1, -0.05) is 6.92 Å². The number of carbonyl (C=O) groups excluding carboxylic acids is 1. The largest absolute Gasteiger partial charge is 0.387 e. The minimum absolute atomic E-state index is 0.122. The predicted octanol–water partition coefficient (Wildman–Crippen LogP) is 3.59. The van der Waals surface area contributed by atoms with Crippen LogP contribution in [0.1, 0.15) is 77.5 Å². The van der Waals surface area contributed by atoms with Crippen molar-refractivity contribution >= 4 is 5.78 Å². The molecule has 1 aromatic heterocycles. The SMILES string of the molecule is CCOC[C@@]1(O)CC[C@H]2[C@H](CC[C@@H]3[C@@H]2CC[C@]2(C)C(C(=O)Cn4nnnc4C)CC[C@@H]32)C1. The number of tetrazole rings is 1. The summed E-state index contributed by atoms with van der Waals surface area (Å²) in [4.78, 5) is 13.3. The molecule has 4 saturated carbocycles. The smallest absolute Gasteiger partial charge is 0.158 e. The number of hydrogen-bond donors (Lipinski definition) is 1. The standard InChI is InChI=1S/C25H40N4O3/c1-4-32-15-25(31)12-10-18-17(13-25)5-6-20-19(18)9-11-24(3)21(20)7-8-22(24)23(30)14-29-16(2)26-27-28-29/h17-22,31H,4-15H2,1-3H3/t17-,18+,19-,20-,21+,22?,24+,25-/m1/s1. The van der Waals surface area contributed by atoms with Crippen molar-refractivity contribution in [1.82, 2.24) is 20.2 Å². The Balaban J connectivity index is 1.27. The number of Topliss-reactive ketones (excluding diaryl/α,β-unsaturated/α-hetero) is 1. The van der Waals surface area contributed by atoms with Gasteiger partial charge in [0.2, 0.25) is 0 Å². The Kier molecular flexibility index (Phi) is 5.94. The summed E-state index contributed by atoms with van der Waals surface area (Å²) in [5.41, 5.74) is -0.496. The molecule has 7 heteroatoms. The summed E-state index contributed by atoms with van der Waals surface area (Å²) in [5, 5.41) is 22.7. The van der Waals surface area contributed by atoms with Crippen LogP contribution in [0.15, 0.2) is 0 Å². The second-order valence-corrected chi connectivity index (χ2v) is 11.6. The number of nitrogens with zero attached hydrogens (tertiary/aromatic N) is 4. The summed E-state index contributed by atoms with van der Waals surface area (Å²) >= 11 is 0. The van der Waals surface area contributed by atoms with Crippen LogP contribution in [-0.2, 0) is 16.1 Å². The van der Waals surface area contributed by atoms with Gasteiger partial charge in [0.15, 0.2) is 5.78 Å². The van der Waals surface area contributed by atoms with Crippen molar-refractivity contribution in [1.29, 1.82) is 0 Å². The molecular formula is C25H40N4O3. The third-order valence-electron chi connectivity index (χ3n) is 10.1. The highest BCUT2D eigenvalue weighted by Crippen LogP contribution is 2.64. The molecule has 178 valence electrons. The molecule has 0 spiro atoms. The molecular weight excluding hydrogens is 404 g/mol. The Morgan fingerprint density at radius 2 is 1.94 bits per heavy atom. The van der Waals surface area contributed by atoms with Crippen LogP contribution in [0.2, 0.25) is 0 Å². The highest BCUT2D eigenvalue weighted by molar-refractivity contribution is 5.82. The third-order valence-corrected chi connectivity index (χ3v) is 10.1. The van der Waals surface area contributed by atoms with Gasteiger partial charge in [-0.25, -0.2) is 4.68 Å². The van der Waals surface area contributed by atoms with E-state index in [1.807, 2.05) is 13.8 Å². The van der Waals surface area contributed by atoms with Crippen molar-refractivity contribution in [3.8, 4) is 0 Å². The van der Waals surface area contributed by atoms with Gasteiger partial charge in [-0.2, -0.15) is 0 Å². The molecule has 4 aliphatic rings. The maximum Gasteiger partial charge on any atom is 0.158 e. The lowest BCUT2D eigenvalue weighted by molar-refractivity contribution is -0.138. The normalized spacial score (nSPS) is 43.4. The Labute approximate surface area is 191 Å². The van der Waals surface area contributed by atoms with Gasteiger partial charge >= 0.3 is 0 Å². The number of aryl methyl sites for hydroxylation is 1. The molecule has 1 unspecified atom stereocenters. The van der Waals surface area contributed by atoms with Crippen LogP contribution in [0.25, 0.3) is 0 Å².